The van der Waals surface area contributed by atoms with E-state index >= 15 is 0 Å². The van der Waals surface area contributed by atoms with E-state index in [9.17, 15) is 18.0 Å². The summed E-state index contributed by atoms with van der Waals surface area (Å²) in [6, 6.07) is 2.04. The molecule has 8 aliphatic carbocycles. The average molecular weight is 599 g/mol. The van der Waals surface area contributed by atoms with Gasteiger partial charge < -0.3 is 4.74 Å². The van der Waals surface area contributed by atoms with Gasteiger partial charge in [-0.2, -0.15) is 5.26 Å². The van der Waals surface area contributed by atoms with Gasteiger partial charge in [-0.05, 0) is 133 Å². The van der Waals surface area contributed by atoms with Crippen LogP contribution in [-0.2, 0) is 24.3 Å². The molecule has 42 heavy (non-hydrogen) atoms. The van der Waals surface area contributed by atoms with Crippen LogP contribution in [0.3, 0.4) is 0 Å². The number of nitrogens with zero attached hydrogens (tertiary/aromatic N) is 1. The Kier molecular flexibility index (Phi) is 7.08. The summed E-state index contributed by atoms with van der Waals surface area (Å²) in [6.07, 6.45) is 8.55. The molecule has 0 radical (unpaired) electrons. The second-order valence-corrected chi connectivity index (χ2v) is 17.9. The number of nitrogens with one attached hydrogen (secondary N) is 1. The lowest BCUT2D eigenvalue weighted by atomic mass is 9.62. The van der Waals surface area contributed by atoms with Crippen LogP contribution in [0.15, 0.2) is 0 Å². The molecule has 232 valence electrons. The van der Waals surface area contributed by atoms with Crippen molar-refractivity contribution in [1.29, 1.82) is 5.26 Å². The predicted molar refractivity (Wildman–Crippen MR) is 157 cm³/mol. The van der Waals surface area contributed by atoms with E-state index in [1.54, 1.807) is 0 Å². The Balaban J connectivity index is 0.000000137. The van der Waals surface area contributed by atoms with Crippen molar-refractivity contribution in [3.63, 3.8) is 0 Å². The first-order valence-corrected chi connectivity index (χ1v) is 18.9. The lowest BCUT2D eigenvalue weighted by molar-refractivity contribution is -0.152. The van der Waals surface area contributed by atoms with E-state index in [0.717, 1.165) is 96.5 Å². The molecule has 7 nitrogen and oxygen atoms in total. The zero-order valence-corrected chi connectivity index (χ0v) is 26.8. The van der Waals surface area contributed by atoms with Gasteiger partial charge in [-0.15, -0.1) is 0 Å². The lowest BCUT2D eigenvalue weighted by Crippen LogP contribution is -2.44. The molecule has 8 bridgehead atoms. The highest BCUT2D eigenvalue weighted by Crippen LogP contribution is 2.72. The first-order chi connectivity index (χ1) is 19.9. The van der Waals surface area contributed by atoms with Crippen LogP contribution >= 0.6 is 0 Å². The van der Waals surface area contributed by atoms with Crippen molar-refractivity contribution in [2.24, 2.45) is 107 Å². The van der Waals surface area contributed by atoms with Crippen molar-refractivity contribution in [2.45, 2.75) is 72.6 Å². The molecule has 8 fully saturated rings. The van der Waals surface area contributed by atoms with Crippen LogP contribution in [0.2, 0.25) is 0 Å². The zero-order valence-electron chi connectivity index (χ0n) is 25.9. The molecule has 8 rings (SSSR count). The highest BCUT2D eigenvalue weighted by Gasteiger charge is 2.68. The summed E-state index contributed by atoms with van der Waals surface area (Å²) in [6.45, 7) is 9.94. The van der Waals surface area contributed by atoms with Crippen LogP contribution in [0.25, 0.3) is 0 Å². The minimum absolute atomic E-state index is 0.0142. The molecule has 8 heteroatoms. The van der Waals surface area contributed by atoms with Crippen LogP contribution in [0, 0.1) is 118 Å². The Morgan fingerprint density at radius 2 is 1.17 bits per heavy atom. The number of amides is 1. The Hall–Kier alpha value is -1.62. The van der Waals surface area contributed by atoms with E-state index in [2.05, 4.69) is 32.4 Å². The largest absolute Gasteiger partial charge is 0.464 e. The fourth-order valence-corrected chi connectivity index (χ4v) is 14.1. The molecular weight excluding hydrogens is 548 g/mol. The van der Waals surface area contributed by atoms with Crippen molar-refractivity contribution in [3.05, 3.63) is 0 Å². The minimum atomic E-state index is -3.43. The number of carbonyl (C=O) groups excluding carboxylic acids is 2. The highest BCUT2D eigenvalue weighted by molar-refractivity contribution is 7.89. The quantitative estimate of drug-likeness (QED) is 0.267. The molecule has 0 aromatic carbocycles. The SMILES string of the molecule is CC1C(C)C2CC1C1C3CC(C(=O)NS(C)(=O)=O)C(C3)C21.CC1C(C)C2CC1C1C3CC(C(=O)OCCC#N)C(C3)C21. The fraction of sp³-hybridized carbons (Fsp3) is 0.912. The molecule has 1 N–H and O–H groups in total. The molecular formula is C34H50N2O5S. The van der Waals surface area contributed by atoms with E-state index in [1.165, 1.54) is 19.3 Å². The summed E-state index contributed by atoms with van der Waals surface area (Å²) in [7, 11) is -3.43. The Bertz CT molecular complexity index is 1280. The third-order valence-corrected chi connectivity index (χ3v) is 15.6. The fourth-order valence-electron chi connectivity index (χ4n) is 13.6. The molecule has 8 aliphatic rings. The maximum atomic E-state index is 12.3. The van der Waals surface area contributed by atoms with Gasteiger partial charge in [-0.3, -0.25) is 14.3 Å². The monoisotopic (exact) mass is 598 g/mol. The molecule has 18 atom stereocenters. The Morgan fingerprint density at radius 1 is 0.714 bits per heavy atom. The van der Waals surface area contributed by atoms with Crippen LogP contribution in [0.1, 0.15) is 72.6 Å². The first kappa shape index (κ1) is 29.1. The van der Waals surface area contributed by atoms with Crippen molar-refractivity contribution < 1.29 is 22.7 Å². The van der Waals surface area contributed by atoms with Crippen LogP contribution < -0.4 is 4.72 Å². The van der Waals surface area contributed by atoms with Crippen LogP contribution in [0.5, 0.6) is 0 Å². The van der Waals surface area contributed by atoms with Gasteiger partial charge in [0.15, 0.2) is 0 Å². The van der Waals surface area contributed by atoms with Crippen LogP contribution in [-0.4, -0.2) is 33.2 Å². The molecule has 0 aliphatic heterocycles. The van der Waals surface area contributed by atoms with Gasteiger partial charge in [-0.1, -0.05) is 27.7 Å². The van der Waals surface area contributed by atoms with Gasteiger partial charge in [0.1, 0.15) is 6.61 Å². The molecule has 0 heterocycles. The third-order valence-electron chi connectivity index (χ3n) is 15.1. The van der Waals surface area contributed by atoms with E-state index < -0.39 is 10.0 Å². The summed E-state index contributed by atoms with van der Waals surface area (Å²) in [5, 5.41) is 8.56. The normalized spacial score (nSPS) is 53.3. The zero-order chi connectivity index (χ0) is 29.8. The number of fused-ring (bicyclic) bond motifs is 18. The summed E-state index contributed by atoms with van der Waals surface area (Å²) < 4.78 is 30.2. The van der Waals surface area contributed by atoms with E-state index in [1.807, 2.05) is 6.07 Å². The number of esters is 1. The second-order valence-electron chi connectivity index (χ2n) is 16.2. The van der Waals surface area contributed by atoms with Crippen molar-refractivity contribution in [3.8, 4) is 6.07 Å². The van der Waals surface area contributed by atoms with Crippen molar-refractivity contribution in [2.75, 3.05) is 12.9 Å². The summed E-state index contributed by atoms with van der Waals surface area (Å²) in [5.41, 5.74) is 0. The minimum Gasteiger partial charge on any atom is -0.464 e. The maximum Gasteiger partial charge on any atom is 0.309 e. The number of rotatable bonds is 5. The van der Waals surface area contributed by atoms with Gasteiger partial charge >= 0.3 is 5.97 Å². The molecule has 18 unspecified atom stereocenters. The molecule has 0 spiro atoms. The maximum absolute atomic E-state index is 12.3. The van der Waals surface area contributed by atoms with Gasteiger partial charge in [0.05, 0.1) is 24.7 Å². The lowest BCUT2D eigenvalue weighted by Gasteiger charge is -2.43. The number of ether oxygens (including phenoxy) is 1. The standard InChI is InChI=1S/C18H25NO2.C16H25NO3S/c1-9-10(2)13-8-12(9)16-11-6-14(17(13)16)15(7-11)18(20)21-5-3-4-19;1-7-8(2)11-6-10(7)14-9-4-12(15(11)14)13(5-9)16(18)17-21(3,19)20/h9-17H,3,5-8H2,1-2H3;7-15H,4-6H2,1-3H3,(H,17,18). The van der Waals surface area contributed by atoms with Gasteiger partial charge in [0.2, 0.25) is 15.9 Å². The molecule has 1 amide bonds. The first-order valence-electron chi connectivity index (χ1n) is 17.0. The van der Waals surface area contributed by atoms with Crippen molar-refractivity contribution >= 4 is 21.9 Å². The van der Waals surface area contributed by atoms with E-state index in [-0.39, 0.29) is 30.3 Å². The highest BCUT2D eigenvalue weighted by atomic mass is 32.2. The molecule has 0 saturated heterocycles. The smallest absolute Gasteiger partial charge is 0.309 e. The number of carbonyl (C=O) groups is 2. The average Bonchev–Trinajstić information content (AvgIpc) is 3.76. The predicted octanol–water partition coefficient (Wildman–Crippen LogP) is 5.13. The number of hydrogen-bond donors (Lipinski definition) is 1. The van der Waals surface area contributed by atoms with E-state index in [4.69, 9.17) is 10.00 Å². The summed E-state index contributed by atoms with van der Waals surface area (Å²) in [4.78, 5) is 24.6. The summed E-state index contributed by atoms with van der Waals surface area (Å²) >= 11 is 0. The Morgan fingerprint density at radius 3 is 1.64 bits per heavy atom. The second kappa shape index (κ2) is 10.2. The molecule has 8 saturated carbocycles. The number of nitriles is 1. The number of sulfonamides is 1. The molecule has 0 aromatic rings. The van der Waals surface area contributed by atoms with Crippen molar-refractivity contribution in [1.82, 2.24) is 4.72 Å². The number of hydrogen-bond acceptors (Lipinski definition) is 6. The van der Waals surface area contributed by atoms with Gasteiger partial charge in [0.25, 0.3) is 0 Å². The topological polar surface area (TPSA) is 113 Å². The third kappa shape index (κ3) is 4.25. The van der Waals surface area contributed by atoms with Gasteiger partial charge in [-0.25, -0.2) is 8.42 Å². The van der Waals surface area contributed by atoms with Gasteiger partial charge in [0, 0.05) is 5.92 Å². The molecule has 0 aromatic heterocycles. The Labute approximate surface area is 252 Å². The summed E-state index contributed by atoms with van der Waals surface area (Å²) in [5.74, 6) is 12.3. The van der Waals surface area contributed by atoms with Crippen LogP contribution in [0.4, 0.5) is 0 Å². The van der Waals surface area contributed by atoms with E-state index in [0.29, 0.717) is 30.1 Å².